The first-order valence-electron chi connectivity index (χ1n) is 27.2. The summed E-state index contributed by atoms with van der Waals surface area (Å²) in [7, 11) is 1.31. The molecule has 0 aliphatic heterocycles. The Bertz CT molecular complexity index is 1280. The van der Waals surface area contributed by atoms with E-state index in [2.05, 4.69) is 74.6 Å². The van der Waals surface area contributed by atoms with E-state index >= 15 is 0 Å². The minimum Gasteiger partial charge on any atom is -0.756 e. The number of phosphoric ester groups is 1. The van der Waals surface area contributed by atoms with Crippen LogP contribution in [0.1, 0.15) is 226 Å². The van der Waals surface area contributed by atoms with Crippen molar-refractivity contribution in [1.82, 2.24) is 0 Å². The first-order chi connectivity index (χ1) is 32.1. The van der Waals surface area contributed by atoms with Gasteiger partial charge in [0.05, 0.1) is 34.4 Å². The predicted molar refractivity (Wildman–Crippen MR) is 282 cm³/mol. The highest BCUT2D eigenvalue weighted by atomic mass is 31.2. The summed E-state index contributed by atoms with van der Waals surface area (Å²) in [6.45, 7) is 5.22. The maximum Gasteiger partial charge on any atom is 0.306 e. The number of esters is 1. The van der Waals surface area contributed by atoms with Gasteiger partial charge in [-0.1, -0.05) is 241 Å². The van der Waals surface area contributed by atoms with Crippen LogP contribution in [0.5, 0.6) is 0 Å². The van der Waals surface area contributed by atoms with E-state index < -0.39 is 19.9 Å². The number of carbonyl (C=O) groups excluding carboxylic acids is 1. The van der Waals surface area contributed by atoms with E-state index in [0.29, 0.717) is 24.1 Å². The highest BCUT2D eigenvalue weighted by molar-refractivity contribution is 7.45. The Morgan fingerprint density at radius 3 is 1.23 bits per heavy atom. The molecule has 0 saturated carbocycles. The fourth-order valence-electron chi connectivity index (χ4n) is 7.40. The lowest BCUT2D eigenvalue weighted by molar-refractivity contribution is -0.870. The molecule has 0 aliphatic rings. The second-order valence-corrected chi connectivity index (χ2v) is 20.6. The number of likely N-dealkylation sites (N-methyl/N-ethyl adjacent to an activating group) is 1. The molecule has 0 saturated heterocycles. The van der Waals surface area contributed by atoms with E-state index in [1.165, 1.54) is 148 Å². The van der Waals surface area contributed by atoms with Crippen LogP contribution in [0.2, 0.25) is 0 Å². The summed E-state index contributed by atoms with van der Waals surface area (Å²) in [6, 6.07) is 0. The normalized spacial score (nSPS) is 14.1. The van der Waals surface area contributed by atoms with Gasteiger partial charge in [-0.05, 0) is 51.4 Å². The Kier molecular flexibility index (Phi) is 47.8. The standard InChI is InChI=1S/C57H104NO7P/c1-6-8-10-12-14-16-18-20-22-24-26-27-28-29-30-31-33-35-37-39-41-43-45-47-49-52-62-54-56(55-64-66(60,61)63-53-51-58(3,4)5)65-57(59)50-48-46-44-42-40-38-36-34-32-25-23-21-19-17-15-13-11-9-7-2/h9,11,15,17,21,23,32,34,38,40,44,46,56H,6-8,10,12-14,16,18-20,22,24-31,33,35-37,39,41-43,45,47-55H2,1-5H3/b11-9-,17-15-,23-21-,34-32-,40-38-,46-44-. The van der Waals surface area contributed by atoms with E-state index in [-0.39, 0.29) is 26.2 Å². The van der Waals surface area contributed by atoms with Crippen LogP contribution in [0, 0.1) is 0 Å². The van der Waals surface area contributed by atoms with Crippen LogP contribution in [0.4, 0.5) is 0 Å². The molecule has 0 aromatic heterocycles. The van der Waals surface area contributed by atoms with E-state index in [0.717, 1.165) is 51.4 Å². The predicted octanol–water partition coefficient (Wildman–Crippen LogP) is 16.4. The highest BCUT2D eigenvalue weighted by Crippen LogP contribution is 2.38. The van der Waals surface area contributed by atoms with Crippen molar-refractivity contribution in [2.75, 3.05) is 54.1 Å². The maximum atomic E-state index is 12.7. The molecule has 9 heteroatoms. The van der Waals surface area contributed by atoms with Crippen LogP contribution in [0.25, 0.3) is 0 Å². The van der Waals surface area contributed by atoms with Crippen LogP contribution in [0.3, 0.4) is 0 Å². The highest BCUT2D eigenvalue weighted by Gasteiger charge is 2.20. The van der Waals surface area contributed by atoms with Crippen molar-refractivity contribution in [2.24, 2.45) is 0 Å². The van der Waals surface area contributed by atoms with Gasteiger partial charge in [0.2, 0.25) is 0 Å². The number of unbranched alkanes of at least 4 members (excludes halogenated alkanes) is 24. The number of nitrogens with zero attached hydrogens (tertiary/aromatic N) is 1. The first-order valence-corrected chi connectivity index (χ1v) is 28.6. The lowest BCUT2D eigenvalue weighted by atomic mass is 10.0. The molecule has 2 atom stereocenters. The van der Waals surface area contributed by atoms with Gasteiger partial charge in [0.25, 0.3) is 7.82 Å². The fraction of sp³-hybridized carbons (Fsp3) is 0.772. The molecule has 0 bridgehead atoms. The first kappa shape index (κ1) is 63.9. The van der Waals surface area contributed by atoms with Crippen molar-refractivity contribution in [3.05, 3.63) is 72.9 Å². The lowest BCUT2D eigenvalue weighted by Gasteiger charge is -2.28. The molecule has 0 aromatic carbocycles. The molecule has 0 rings (SSSR count). The molecule has 0 amide bonds. The molecule has 8 nitrogen and oxygen atoms in total. The second kappa shape index (κ2) is 49.4. The van der Waals surface area contributed by atoms with Gasteiger partial charge in [0.15, 0.2) is 0 Å². The zero-order valence-electron chi connectivity index (χ0n) is 43.6. The molecule has 0 aliphatic carbocycles. The van der Waals surface area contributed by atoms with Gasteiger partial charge >= 0.3 is 5.97 Å². The summed E-state index contributed by atoms with van der Waals surface area (Å²) in [5, 5.41) is 0. The Labute approximate surface area is 408 Å². The smallest absolute Gasteiger partial charge is 0.306 e. The molecular formula is C57H104NO7P. The summed E-state index contributed by atoms with van der Waals surface area (Å²) in [5.74, 6) is -0.413. The van der Waals surface area contributed by atoms with Gasteiger partial charge in [0, 0.05) is 13.0 Å². The van der Waals surface area contributed by atoms with Gasteiger partial charge in [-0.3, -0.25) is 9.36 Å². The fourth-order valence-corrected chi connectivity index (χ4v) is 8.13. The van der Waals surface area contributed by atoms with E-state index in [4.69, 9.17) is 18.5 Å². The molecular weight excluding hydrogens is 842 g/mol. The molecule has 0 aromatic rings. The number of carbonyl (C=O) groups is 1. The number of ether oxygens (including phenoxy) is 2. The molecule has 0 fully saturated rings. The number of hydrogen-bond acceptors (Lipinski definition) is 7. The van der Waals surface area contributed by atoms with E-state index in [9.17, 15) is 14.3 Å². The summed E-state index contributed by atoms with van der Waals surface area (Å²) in [4.78, 5) is 25.2. The number of rotatable bonds is 50. The summed E-state index contributed by atoms with van der Waals surface area (Å²) in [5.41, 5.74) is 0. The van der Waals surface area contributed by atoms with Gasteiger partial charge < -0.3 is 27.9 Å². The molecule has 66 heavy (non-hydrogen) atoms. The number of quaternary nitrogens is 1. The van der Waals surface area contributed by atoms with Crippen LogP contribution in [-0.4, -0.2) is 70.7 Å². The summed E-state index contributed by atoms with van der Waals surface area (Å²) in [6.07, 6.45) is 65.4. The maximum absolute atomic E-state index is 12.7. The number of allylic oxidation sites excluding steroid dienone is 12. The van der Waals surface area contributed by atoms with E-state index in [1.807, 2.05) is 33.3 Å². The average Bonchev–Trinajstić information content (AvgIpc) is 3.28. The third kappa shape index (κ3) is 52.9. The Morgan fingerprint density at radius 2 is 0.848 bits per heavy atom. The Hall–Kier alpha value is -2.06. The minimum absolute atomic E-state index is 0.0107. The van der Waals surface area contributed by atoms with Crippen molar-refractivity contribution in [3.8, 4) is 0 Å². The Morgan fingerprint density at radius 1 is 0.485 bits per heavy atom. The average molecular weight is 946 g/mol. The van der Waals surface area contributed by atoms with Crippen LogP contribution < -0.4 is 4.89 Å². The summed E-state index contributed by atoms with van der Waals surface area (Å²) < 4.78 is 34.7. The zero-order valence-corrected chi connectivity index (χ0v) is 44.5. The van der Waals surface area contributed by atoms with Crippen molar-refractivity contribution in [2.45, 2.75) is 232 Å². The monoisotopic (exact) mass is 946 g/mol. The number of phosphoric acid groups is 1. The molecule has 2 unspecified atom stereocenters. The van der Waals surface area contributed by atoms with Crippen LogP contribution in [-0.2, 0) is 27.9 Å². The number of hydrogen-bond donors (Lipinski definition) is 0. The van der Waals surface area contributed by atoms with Crippen LogP contribution >= 0.6 is 7.82 Å². The van der Waals surface area contributed by atoms with Gasteiger partial charge in [-0.15, -0.1) is 0 Å². The molecule has 0 N–H and O–H groups in total. The quantitative estimate of drug-likeness (QED) is 0.0197. The van der Waals surface area contributed by atoms with Crippen molar-refractivity contribution >= 4 is 13.8 Å². The third-order valence-corrected chi connectivity index (χ3v) is 12.5. The molecule has 0 radical (unpaired) electrons. The van der Waals surface area contributed by atoms with Crippen molar-refractivity contribution in [1.29, 1.82) is 0 Å². The second-order valence-electron chi connectivity index (χ2n) is 19.2. The Balaban J connectivity index is 4.16. The zero-order chi connectivity index (χ0) is 48.3. The summed E-state index contributed by atoms with van der Waals surface area (Å²) >= 11 is 0. The topological polar surface area (TPSA) is 94.1 Å². The lowest BCUT2D eigenvalue weighted by Crippen LogP contribution is -2.37. The van der Waals surface area contributed by atoms with Gasteiger partial charge in [0.1, 0.15) is 19.3 Å². The van der Waals surface area contributed by atoms with Gasteiger partial charge in [-0.25, -0.2) is 0 Å². The van der Waals surface area contributed by atoms with Gasteiger partial charge in [-0.2, -0.15) is 0 Å². The SMILES string of the molecule is CC/C=C\C/C=C\C/C=C\C/C=C\C/C=C\C/C=C\CCC(=O)OC(COCCCCCCCCCCCCCCCCCCCCCCCCCCC)COP(=O)([O-])OCC[N+](C)(C)C. The van der Waals surface area contributed by atoms with Crippen LogP contribution in [0.15, 0.2) is 72.9 Å². The molecule has 0 spiro atoms. The minimum atomic E-state index is -4.55. The molecule has 384 valence electrons. The van der Waals surface area contributed by atoms with E-state index in [1.54, 1.807) is 0 Å². The molecule has 0 heterocycles. The van der Waals surface area contributed by atoms with Crippen molar-refractivity contribution in [3.63, 3.8) is 0 Å². The largest absolute Gasteiger partial charge is 0.756 e. The van der Waals surface area contributed by atoms with Crippen molar-refractivity contribution < 1.29 is 37.3 Å². The third-order valence-electron chi connectivity index (χ3n) is 11.5.